The van der Waals surface area contributed by atoms with Crippen LogP contribution in [-0.4, -0.2) is 35.8 Å². The van der Waals surface area contributed by atoms with E-state index in [-0.39, 0.29) is 38.5 Å². The van der Waals surface area contributed by atoms with Gasteiger partial charge in [0.25, 0.3) is 0 Å². The van der Waals surface area contributed by atoms with Gasteiger partial charge in [0.15, 0.2) is 0 Å². The highest BCUT2D eigenvalue weighted by Crippen LogP contribution is 2.09. The SMILES string of the molecule is NOC(=O)CCCCC(=O)ONOC(=O)CCCCCCCCC(=O)ONOC(=O)CCCCC(=O)ON. The lowest BCUT2D eigenvalue weighted by Gasteiger charge is -2.06. The van der Waals surface area contributed by atoms with E-state index >= 15 is 0 Å². The Labute approximate surface area is 220 Å². The van der Waals surface area contributed by atoms with Crippen LogP contribution in [0.1, 0.15) is 103 Å². The summed E-state index contributed by atoms with van der Waals surface area (Å²) in [6.07, 6.45) is 6.52. The summed E-state index contributed by atoms with van der Waals surface area (Å²) in [7, 11) is 0. The third kappa shape index (κ3) is 23.1. The number of unbranched alkanes of at least 4 members (excludes halogenated alkanes) is 7. The first-order valence-electron chi connectivity index (χ1n) is 12.4. The Hall–Kier alpha value is -3.34. The first kappa shape index (κ1) is 34.7. The highest BCUT2D eigenvalue weighted by molar-refractivity contribution is 5.71. The van der Waals surface area contributed by atoms with Crippen molar-refractivity contribution in [2.24, 2.45) is 11.8 Å². The number of hydrogen-bond donors (Lipinski definition) is 4. The van der Waals surface area contributed by atoms with Crippen LogP contribution >= 0.6 is 0 Å². The Balaban J connectivity index is 3.50. The van der Waals surface area contributed by atoms with Crippen LogP contribution in [0.2, 0.25) is 0 Å². The number of nitrogens with one attached hydrogen (secondary N) is 2. The Kier molecular flexibility index (Phi) is 21.9. The zero-order chi connectivity index (χ0) is 28.4. The van der Waals surface area contributed by atoms with E-state index in [0.717, 1.165) is 25.7 Å². The zero-order valence-corrected chi connectivity index (χ0v) is 21.4. The minimum atomic E-state index is -0.639. The Morgan fingerprint density at radius 1 is 0.368 bits per heavy atom. The van der Waals surface area contributed by atoms with Crippen molar-refractivity contribution in [1.82, 2.24) is 11.3 Å². The highest BCUT2D eigenvalue weighted by Gasteiger charge is 2.09. The molecule has 0 fully saturated rings. The van der Waals surface area contributed by atoms with Gasteiger partial charge in [-0.25, -0.2) is 0 Å². The van der Waals surface area contributed by atoms with Crippen LogP contribution in [0.4, 0.5) is 0 Å². The molecule has 16 nitrogen and oxygen atoms in total. The van der Waals surface area contributed by atoms with Crippen molar-refractivity contribution in [2.75, 3.05) is 0 Å². The molecule has 0 saturated heterocycles. The van der Waals surface area contributed by atoms with Crippen molar-refractivity contribution >= 4 is 35.8 Å². The minimum absolute atomic E-state index is 0.0297. The van der Waals surface area contributed by atoms with Gasteiger partial charge < -0.3 is 29.0 Å². The van der Waals surface area contributed by atoms with Gasteiger partial charge in [0.1, 0.15) is 0 Å². The molecule has 16 heteroatoms. The van der Waals surface area contributed by atoms with E-state index in [9.17, 15) is 28.8 Å². The summed E-state index contributed by atoms with van der Waals surface area (Å²) in [6.45, 7) is 0. The fourth-order valence-electron chi connectivity index (χ4n) is 2.87. The van der Waals surface area contributed by atoms with Gasteiger partial charge in [-0.3, -0.25) is 28.8 Å². The summed E-state index contributed by atoms with van der Waals surface area (Å²) in [6, 6.07) is 0. The topological polar surface area (TPSA) is 234 Å². The standard InChI is InChI=1S/C22H38N4O12/c23-33-17(27)11-7-9-15-21(31)37-25-35-19(29)13-5-3-1-2-4-6-14-20(30)36-26-38-22(32)16-10-8-12-18(28)34-24/h25-26H,1-16,23-24H2. The summed E-state index contributed by atoms with van der Waals surface area (Å²) >= 11 is 0. The van der Waals surface area contributed by atoms with E-state index in [4.69, 9.17) is 11.8 Å². The molecule has 0 saturated carbocycles. The Bertz CT molecular complexity index is 675. The summed E-state index contributed by atoms with van der Waals surface area (Å²) in [5, 5.41) is 0. The lowest BCUT2D eigenvalue weighted by molar-refractivity contribution is -0.200. The second-order valence-corrected chi connectivity index (χ2v) is 8.08. The van der Waals surface area contributed by atoms with Crippen LogP contribution < -0.4 is 23.1 Å². The lowest BCUT2D eigenvalue weighted by atomic mass is 10.1. The molecule has 0 aromatic rings. The molecule has 0 aliphatic heterocycles. The number of carbonyl (C=O) groups is 6. The molecule has 218 valence electrons. The van der Waals surface area contributed by atoms with E-state index in [1.807, 2.05) is 11.3 Å². The predicted molar refractivity (Wildman–Crippen MR) is 125 cm³/mol. The molecule has 0 aromatic heterocycles. The molecule has 0 aromatic carbocycles. The maximum Gasteiger partial charge on any atom is 0.328 e. The number of rotatable bonds is 23. The van der Waals surface area contributed by atoms with E-state index in [1.54, 1.807) is 0 Å². The minimum Gasteiger partial charge on any atom is -0.373 e. The van der Waals surface area contributed by atoms with Crippen molar-refractivity contribution < 1.29 is 57.8 Å². The molecular weight excluding hydrogens is 512 g/mol. The van der Waals surface area contributed by atoms with E-state index < -0.39 is 35.8 Å². The van der Waals surface area contributed by atoms with Crippen LogP contribution in [0.3, 0.4) is 0 Å². The molecule has 0 aliphatic carbocycles. The second-order valence-electron chi connectivity index (χ2n) is 8.08. The zero-order valence-electron chi connectivity index (χ0n) is 21.4. The van der Waals surface area contributed by atoms with E-state index in [1.165, 1.54) is 0 Å². The van der Waals surface area contributed by atoms with Crippen LogP contribution in [0.5, 0.6) is 0 Å². The van der Waals surface area contributed by atoms with E-state index in [2.05, 4.69) is 29.0 Å². The van der Waals surface area contributed by atoms with Gasteiger partial charge in [-0.15, -0.1) is 0 Å². The summed E-state index contributed by atoms with van der Waals surface area (Å²) < 4.78 is 0. The van der Waals surface area contributed by atoms with Crippen LogP contribution in [0.25, 0.3) is 0 Å². The largest absolute Gasteiger partial charge is 0.373 e. The molecule has 6 N–H and O–H groups in total. The fraction of sp³-hybridized carbons (Fsp3) is 0.727. The predicted octanol–water partition coefficient (Wildman–Crippen LogP) is 1.07. The third-order valence-electron chi connectivity index (χ3n) is 4.92. The fourth-order valence-corrected chi connectivity index (χ4v) is 2.87. The average Bonchev–Trinajstić information content (AvgIpc) is 2.90. The Morgan fingerprint density at radius 2 is 0.579 bits per heavy atom. The Morgan fingerprint density at radius 3 is 0.842 bits per heavy atom. The van der Waals surface area contributed by atoms with Crippen molar-refractivity contribution in [3.05, 3.63) is 0 Å². The first-order chi connectivity index (χ1) is 18.3. The second kappa shape index (κ2) is 24.0. The van der Waals surface area contributed by atoms with Gasteiger partial charge in [-0.1, -0.05) is 25.7 Å². The smallest absolute Gasteiger partial charge is 0.328 e. The summed E-state index contributed by atoms with van der Waals surface area (Å²) in [5.74, 6) is 5.82. The van der Waals surface area contributed by atoms with E-state index in [0.29, 0.717) is 38.5 Å². The molecule has 0 amide bonds. The maximum absolute atomic E-state index is 11.6. The van der Waals surface area contributed by atoms with Crippen molar-refractivity contribution in [1.29, 1.82) is 0 Å². The summed E-state index contributed by atoms with van der Waals surface area (Å²) in [5.41, 5.74) is 3.71. The number of hydrogen-bond acceptors (Lipinski definition) is 16. The molecule has 0 bridgehead atoms. The van der Waals surface area contributed by atoms with Gasteiger partial charge in [-0.2, -0.15) is 11.8 Å². The molecule has 0 aliphatic rings. The lowest BCUT2D eigenvalue weighted by Crippen LogP contribution is -2.23. The van der Waals surface area contributed by atoms with Crippen molar-refractivity contribution in [2.45, 2.75) is 103 Å². The quantitative estimate of drug-likeness (QED) is 0.103. The van der Waals surface area contributed by atoms with Gasteiger partial charge >= 0.3 is 35.8 Å². The molecular formula is C22H38N4O12. The number of carbonyl (C=O) groups excluding carboxylic acids is 6. The van der Waals surface area contributed by atoms with Crippen molar-refractivity contribution in [3.8, 4) is 0 Å². The number of nitrogens with two attached hydrogens (primary N) is 2. The van der Waals surface area contributed by atoms with Crippen LogP contribution in [-0.2, 0) is 57.8 Å². The molecule has 0 heterocycles. The van der Waals surface area contributed by atoms with Gasteiger partial charge in [-0.05, 0) is 38.5 Å². The van der Waals surface area contributed by atoms with Crippen LogP contribution in [0, 0.1) is 0 Å². The van der Waals surface area contributed by atoms with Crippen LogP contribution in [0.15, 0.2) is 0 Å². The molecule has 0 spiro atoms. The molecule has 0 atom stereocenters. The first-order valence-corrected chi connectivity index (χ1v) is 12.4. The van der Waals surface area contributed by atoms with Gasteiger partial charge in [0.2, 0.25) is 0 Å². The third-order valence-corrected chi connectivity index (χ3v) is 4.92. The molecule has 38 heavy (non-hydrogen) atoms. The average molecular weight is 551 g/mol. The highest BCUT2D eigenvalue weighted by atomic mass is 16.9. The molecule has 0 rings (SSSR count). The monoisotopic (exact) mass is 550 g/mol. The molecule has 0 unspecified atom stereocenters. The normalized spacial score (nSPS) is 10.3. The van der Waals surface area contributed by atoms with Gasteiger partial charge in [0, 0.05) is 49.8 Å². The van der Waals surface area contributed by atoms with Gasteiger partial charge in [0.05, 0.1) is 0 Å². The van der Waals surface area contributed by atoms with Crippen molar-refractivity contribution in [3.63, 3.8) is 0 Å². The molecule has 0 radical (unpaired) electrons. The summed E-state index contributed by atoms with van der Waals surface area (Å²) in [4.78, 5) is 93.9. The maximum atomic E-state index is 11.6.